The summed E-state index contributed by atoms with van der Waals surface area (Å²) in [6.45, 7) is 10.6. The van der Waals surface area contributed by atoms with Gasteiger partial charge in [-0.25, -0.2) is 18.0 Å². The van der Waals surface area contributed by atoms with Gasteiger partial charge in [-0.1, -0.05) is 32.9 Å². The molecule has 2 aromatic carbocycles. The zero-order valence-corrected chi connectivity index (χ0v) is 22.1. The molecule has 1 aliphatic heterocycles. The summed E-state index contributed by atoms with van der Waals surface area (Å²) in [6, 6.07) is 11.5. The molecule has 3 N–H and O–H groups in total. The largest absolute Gasteiger partial charge is 0.490 e. The van der Waals surface area contributed by atoms with Gasteiger partial charge >= 0.3 is 18.1 Å². The molecule has 2 aromatic rings. The number of benzene rings is 2. The number of sulfonamides is 1. The number of rotatable bonds is 8. The van der Waals surface area contributed by atoms with E-state index in [1.165, 1.54) is 12.1 Å². The first-order chi connectivity index (χ1) is 17.6. The molecule has 0 bridgehead atoms. The van der Waals surface area contributed by atoms with Crippen LogP contribution in [0.2, 0.25) is 0 Å². The van der Waals surface area contributed by atoms with E-state index in [9.17, 15) is 31.5 Å². The molecule has 0 amide bonds. The van der Waals surface area contributed by atoms with Gasteiger partial charge in [0.15, 0.2) is 0 Å². The first kappa shape index (κ1) is 30.9. The SMILES string of the molecule is CCN1CCN(c2ccc(C(=O)O)cc2NS(=O)(=O)c2ccc(CC(C)C)cc2)CC1.O=C(O)C(F)(F)F. The van der Waals surface area contributed by atoms with Crippen LogP contribution >= 0.6 is 0 Å². The number of piperazine rings is 1. The van der Waals surface area contributed by atoms with Crippen LogP contribution < -0.4 is 9.62 Å². The molecule has 0 atom stereocenters. The van der Waals surface area contributed by atoms with Crippen molar-refractivity contribution in [3.05, 3.63) is 53.6 Å². The highest BCUT2D eigenvalue weighted by Crippen LogP contribution is 2.30. The van der Waals surface area contributed by atoms with E-state index in [-0.39, 0.29) is 16.1 Å². The van der Waals surface area contributed by atoms with Crippen molar-refractivity contribution >= 4 is 33.3 Å². The lowest BCUT2D eigenvalue weighted by Crippen LogP contribution is -2.46. The molecular weight excluding hydrogens is 527 g/mol. The number of aliphatic carboxylic acids is 1. The van der Waals surface area contributed by atoms with Crippen LogP contribution in [0, 0.1) is 5.92 Å². The molecule has 9 nitrogen and oxygen atoms in total. The molecule has 210 valence electrons. The second-order valence-corrected chi connectivity index (χ2v) is 10.8. The van der Waals surface area contributed by atoms with E-state index in [1.54, 1.807) is 18.2 Å². The monoisotopic (exact) mass is 559 g/mol. The summed E-state index contributed by atoms with van der Waals surface area (Å²) in [6.07, 6.45) is -4.21. The minimum Gasteiger partial charge on any atom is -0.478 e. The maximum absolute atomic E-state index is 13.1. The van der Waals surface area contributed by atoms with Crippen LogP contribution in [0.15, 0.2) is 47.4 Å². The number of hydrogen-bond donors (Lipinski definition) is 3. The number of alkyl halides is 3. The Kier molecular flexibility index (Phi) is 10.5. The molecule has 1 aliphatic rings. The number of anilines is 2. The number of carbonyl (C=O) groups is 2. The fraction of sp³-hybridized carbons (Fsp3) is 0.440. The molecule has 0 unspecified atom stereocenters. The Hall–Kier alpha value is -3.32. The lowest BCUT2D eigenvalue weighted by molar-refractivity contribution is -0.192. The smallest absolute Gasteiger partial charge is 0.478 e. The summed E-state index contributed by atoms with van der Waals surface area (Å²) in [5.74, 6) is -3.37. The summed E-state index contributed by atoms with van der Waals surface area (Å²) in [5, 5.41) is 16.5. The van der Waals surface area contributed by atoms with Gasteiger partial charge in [0.25, 0.3) is 10.0 Å². The standard InChI is InChI=1S/C23H31N3O4S.C2HF3O2/c1-4-25-11-13-26(14-12-25)22-10-7-19(23(27)28)16-21(22)24-31(29,30)20-8-5-18(6-9-20)15-17(2)3;3-2(4,5)1(6)7/h5-10,16-17,24H,4,11-15H2,1-3H3,(H,27,28);(H,6,7). The van der Waals surface area contributed by atoms with Gasteiger partial charge in [0.2, 0.25) is 0 Å². The normalized spacial score (nSPS) is 14.6. The van der Waals surface area contributed by atoms with Crippen molar-refractivity contribution in [1.82, 2.24) is 4.90 Å². The van der Waals surface area contributed by atoms with Crippen molar-refractivity contribution in [2.45, 2.75) is 38.3 Å². The maximum atomic E-state index is 13.1. The number of hydrogen-bond acceptors (Lipinski definition) is 6. The minimum atomic E-state index is -5.08. The van der Waals surface area contributed by atoms with Gasteiger partial charge in [0.1, 0.15) is 0 Å². The maximum Gasteiger partial charge on any atom is 0.490 e. The van der Waals surface area contributed by atoms with E-state index >= 15 is 0 Å². The van der Waals surface area contributed by atoms with Crippen LogP contribution in [0.4, 0.5) is 24.5 Å². The van der Waals surface area contributed by atoms with Gasteiger partial charge < -0.3 is 20.0 Å². The Labute approximate surface area is 219 Å². The van der Waals surface area contributed by atoms with Gasteiger partial charge in [-0.05, 0) is 54.8 Å². The van der Waals surface area contributed by atoms with Gasteiger partial charge in [0.05, 0.1) is 21.8 Å². The van der Waals surface area contributed by atoms with Crippen molar-refractivity contribution in [3.8, 4) is 0 Å². The van der Waals surface area contributed by atoms with E-state index in [1.807, 2.05) is 12.1 Å². The zero-order chi connectivity index (χ0) is 28.7. The second kappa shape index (κ2) is 13.0. The predicted octanol–water partition coefficient (Wildman–Crippen LogP) is 4.16. The third kappa shape index (κ3) is 8.91. The van der Waals surface area contributed by atoms with Crippen molar-refractivity contribution in [3.63, 3.8) is 0 Å². The molecule has 1 fully saturated rings. The third-order valence-electron chi connectivity index (χ3n) is 5.77. The first-order valence-electron chi connectivity index (χ1n) is 11.9. The van der Waals surface area contributed by atoms with Crippen molar-refractivity contribution < 1.29 is 41.4 Å². The molecule has 3 rings (SSSR count). The summed E-state index contributed by atoms with van der Waals surface area (Å²) in [5.41, 5.74) is 2.11. The summed E-state index contributed by atoms with van der Waals surface area (Å²) < 4.78 is 60.5. The van der Waals surface area contributed by atoms with Crippen LogP contribution in [-0.4, -0.2) is 74.4 Å². The Balaban J connectivity index is 0.000000638. The molecule has 38 heavy (non-hydrogen) atoms. The highest BCUT2D eigenvalue weighted by molar-refractivity contribution is 7.92. The number of carboxylic acid groups (broad SMARTS) is 2. The topological polar surface area (TPSA) is 127 Å². The van der Waals surface area contributed by atoms with E-state index in [0.717, 1.165) is 44.7 Å². The number of halogens is 3. The Morgan fingerprint density at radius 2 is 1.55 bits per heavy atom. The Morgan fingerprint density at radius 1 is 1.00 bits per heavy atom. The van der Waals surface area contributed by atoms with E-state index in [2.05, 4.69) is 35.3 Å². The van der Waals surface area contributed by atoms with Crippen LogP contribution in [0.5, 0.6) is 0 Å². The second-order valence-electron chi connectivity index (χ2n) is 9.11. The fourth-order valence-corrected chi connectivity index (χ4v) is 4.88. The van der Waals surface area contributed by atoms with Crippen LogP contribution in [0.1, 0.15) is 36.7 Å². The first-order valence-corrected chi connectivity index (χ1v) is 13.4. The zero-order valence-electron chi connectivity index (χ0n) is 21.3. The van der Waals surface area contributed by atoms with Gasteiger partial charge in [-0.2, -0.15) is 13.2 Å². The predicted molar refractivity (Wildman–Crippen MR) is 137 cm³/mol. The summed E-state index contributed by atoms with van der Waals surface area (Å²) in [7, 11) is -3.86. The Morgan fingerprint density at radius 3 is 2.00 bits per heavy atom. The van der Waals surface area contributed by atoms with Crippen molar-refractivity contribution in [2.75, 3.05) is 42.3 Å². The minimum absolute atomic E-state index is 0.0425. The number of nitrogens with one attached hydrogen (secondary N) is 1. The van der Waals surface area contributed by atoms with Gasteiger partial charge in [-0.3, -0.25) is 4.72 Å². The van der Waals surface area contributed by atoms with Crippen LogP contribution in [0.25, 0.3) is 0 Å². The summed E-state index contributed by atoms with van der Waals surface area (Å²) >= 11 is 0. The molecule has 1 saturated heterocycles. The van der Waals surface area contributed by atoms with Crippen molar-refractivity contribution in [2.24, 2.45) is 5.92 Å². The molecule has 0 aromatic heterocycles. The molecule has 1 heterocycles. The van der Waals surface area contributed by atoms with Crippen LogP contribution in [0.3, 0.4) is 0 Å². The van der Waals surface area contributed by atoms with Gasteiger partial charge in [0, 0.05) is 26.2 Å². The quantitative estimate of drug-likeness (QED) is 0.440. The summed E-state index contributed by atoms with van der Waals surface area (Å²) in [4.78, 5) is 25.0. The Bertz CT molecular complexity index is 1210. The number of likely N-dealkylation sites (N-methyl/N-ethyl adjacent to an activating group) is 1. The lowest BCUT2D eigenvalue weighted by Gasteiger charge is -2.36. The van der Waals surface area contributed by atoms with Crippen molar-refractivity contribution in [1.29, 1.82) is 0 Å². The average Bonchev–Trinajstić information content (AvgIpc) is 2.83. The lowest BCUT2D eigenvalue weighted by atomic mass is 10.0. The number of carboxylic acids is 2. The highest BCUT2D eigenvalue weighted by atomic mass is 32.2. The molecule has 13 heteroatoms. The number of nitrogens with zero attached hydrogens (tertiary/aromatic N) is 2. The molecule has 0 radical (unpaired) electrons. The van der Waals surface area contributed by atoms with E-state index < -0.39 is 28.1 Å². The molecule has 0 aliphatic carbocycles. The van der Waals surface area contributed by atoms with E-state index in [0.29, 0.717) is 11.6 Å². The van der Waals surface area contributed by atoms with Crippen LogP contribution in [-0.2, 0) is 21.2 Å². The van der Waals surface area contributed by atoms with Gasteiger partial charge in [-0.15, -0.1) is 0 Å². The third-order valence-corrected chi connectivity index (χ3v) is 7.15. The molecule has 0 spiro atoms. The average molecular weight is 560 g/mol. The molecule has 0 saturated carbocycles. The van der Waals surface area contributed by atoms with E-state index in [4.69, 9.17) is 9.90 Å². The molecular formula is C25H32F3N3O6S. The fourth-order valence-electron chi connectivity index (χ4n) is 3.81. The number of aromatic carboxylic acids is 1. The highest BCUT2D eigenvalue weighted by Gasteiger charge is 2.38.